The van der Waals surface area contributed by atoms with E-state index in [1.54, 1.807) is 0 Å². The molecule has 1 aromatic rings. The predicted octanol–water partition coefficient (Wildman–Crippen LogP) is 3.46. The lowest BCUT2D eigenvalue weighted by Gasteiger charge is -2.13. The van der Waals surface area contributed by atoms with Crippen molar-refractivity contribution >= 4 is 0 Å². The van der Waals surface area contributed by atoms with Gasteiger partial charge in [0.2, 0.25) is 0 Å². The summed E-state index contributed by atoms with van der Waals surface area (Å²) < 4.78 is 0. The van der Waals surface area contributed by atoms with Crippen LogP contribution in [0.25, 0.3) is 0 Å². The monoisotopic (exact) mass is 248 g/mol. The number of hydrogen-bond donors (Lipinski definition) is 1. The maximum Gasteiger partial charge on any atom is 0.0403 e. The Morgan fingerprint density at radius 3 is 2.50 bits per heavy atom. The molecule has 1 unspecified atom stereocenters. The molecule has 0 amide bonds. The van der Waals surface area contributed by atoms with Gasteiger partial charge < -0.3 is 5.32 Å². The van der Waals surface area contributed by atoms with Crippen LogP contribution in [0, 0.1) is 11.8 Å². The largest absolute Gasteiger partial charge is 0.316 e. The van der Waals surface area contributed by atoms with E-state index in [2.05, 4.69) is 50.1 Å². The van der Waals surface area contributed by atoms with Crippen molar-refractivity contribution in [2.45, 2.75) is 47.0 Å². The minimum absolute atomic E-state index is 0.719. The summed E-state index contributed by atoms with van der Waals surface area (Å²) in [6, 6.07) is 4.37. The topological polar surface area (TPSA) is 24.9 Å². The van der Waals surface area contributed by atoms with E-state index in [1.165, 1.54) is 17.7 Å². The molecule has 102 valence electrons. The van der Waals surface area contributed by atoms with Crippen molar-refractivity contribution in [1.29, 1.82) is 0 Å². The van der Waals surface area contributed by atoms with E-state index in [0.29, 0.717) is 0 Å². The number of aryl methyl sites for hydroxylation is 2. The summed E-state index contributed by atoms with van der Waals surface area (Å²) in [7, 11) is 0. The smallest absolute Gasteiger partial charge is 0.0403 e. The van der Waals surface area contributed by atoms with Gasteiger partial charge in [-0.05, 0) is 55.8 Å². The molecule has 1 aromatic heterocycles. The normalized spacial score (nSPS) is 12.9. The van der Waals surface area contributed by atoms with Gasteiger partial charge in [0, 0.05) is 11.9 Å². The fraction of sp³-hybridized carbons (Fsp3) is 0.688. The van der Waals surface area contributed by atoms with Crippen molar-refractivity contribution in [2.24, 2.45) is 11.8 Å². The van der Waals surface area contributed by atoms with Crippen LogP contribution in [0.15, 0.2) is 18.3 Å². The minimum Gasteiger partial charge on any atom is -0.316 e. The lowest BCUT2D eigenvalue weighted by molar-refractivity contribution is 0.452. The van der Waals surface area contributed by atoms with Crippen LogP contribution in [-0.2, 0) is 12.8 Å². The van der Waals surface area contributed by atoms with Gasteiger partial charge >= 0.3 is 0 Å². The molecule has 18 heavy (non-hydrogen) atoms. The first-order valence-corrected chi connectivity index (χ1v) is 7.26. The van der Waals surface area contributed by atoms with E-state index in [0.717, 1.165) is 37.8 Å². The van der Waals surface area contributed by atoms with Crippen LogP contribution in [0.1, 0.15) is 45.4 Å². The molecule has 0 fully saturated rings. The van der Waals surface area contributed by atoms with Crippen LogP contribution in [-0.4, -0.2) is 18.1 Å². The quantitative estimate of drug-likeness (QED) is 0.762. The summed E-state index contributed by atoms with van der Waals surface area (Å²) in [5, 5.41) is 3.52. The molecule has 0 aliphatic heterocycles. The summed E-state index contributed by atoms with van der Waals surface area (Å²) >= 11 is 0. The predicted molar refractivity (Wildman–Crippen MR) is 78.8 cm³/mol. The highest BCUT2D eigenvalue weighted by molar-refractivity contribution is 5.13. The number of nitrogens with one attached hydrogen (secondary N) is 1. The second-order valence-electron chi connectivity index (χ2n) is 5.71. The maximum absolute atomic E-state index is 4.51. The minimum atomic E-state index is 0.719. The van der Waals surface area contributed by atoms with Gasteiger partial charge in [-0.3, -0.25) is 4.98 Å². The molecule has 2 heteroatoms. The Morgan fingerprint density at radius 2 is 1.94 bits per heavy atom. The van der Waals surface area contributed by atoms with Crippen LogP contribution in [0.5, 0.6) is 0 Å². The molecule has 1 N–H and O–H groups in total. The summed E-state index contributed by atoms with van der Waals surface area (Å²) in [5.74, 6) is 1.46. The second kappa shape index (κ2) is 8.25. The van der Waals surface area contributed by atoms with Crippen LogP contribution < -0.4 is 5.32 Å². The Labute approximate surface area is 112 Å². The van der Waals surface area contributed by atoms with Crippen molar-refractivity contribution < 1.29 is 0 Å². The highest BCUT2D eigenvalue weighted by Gasteiger charge is 2.04. The first-order chi connectivity index (χ1) is 8.61. The Kier molecular flexibility index (Phi) is 6.96. The molecular formula is C16H28N2. The summed E-state index contributed by atoms with van der Waals surface area (Å²) in [6.45, 7) is 11.2. The number of pyridine rings is 1. The fourth-order valence-electron chi connectivity index (χ4n) is 1.93. The third-order valence-corrected chi connectivity index (χ3v) is 3.23. The van der Waals surface area contributed by atoms with Crippen LogP contribution in [0.2, 0.25) is 0 Å². The van der Waals surface area contributed by atoms with Gasteiger partial charge in [-0.1, -0.05) is 33.8 Å². The van der Waals surface area contributed by atoms with E-state index < -0.39 is 0 Å². The van der Waals surface area contributed by atoms with Crippen molar-refractivity contribution in [2.75, 3.05) is 13.1 Å². The third-order valence-electron chi connectivity index (χ3n) is 3.23. The molecule has 0 aliphatic rings. The van der Waals surface area contributed by atoms with Crippen molar-refractivity contribution in [3.63, 3.8) is 0 Å². The van der Waals surface area contributed by atoms with E-state index >= 15 is 0 Å². The van der Waals surface area contributed by atoms with Gasteiger partial charge in [0.15, 0.2) is 0 Å². The molecular weight excluding hydrogens is 220 g/mol. The fourth-order valence-corrected chi connectivity index (χ4v) is 1.93. The highest BCUT2D eigenvalue weighted by Crippen LogP contribution is 2.08. The summed E-state index contributed by atoms with van der Waals surface area (Å²) in [4.78, 5) is 4.51. The first kappa shape index (κ1) is 15.2. The van der Waals surface area contributed by atoms with Gasteiger partial charge in [-0.15, -0.1) is 0 Å². The van der Waals surface area contributed by atoms with Crippen LogP contribution in [0.3, 0.4) is 0 Å². The molecule has 1 rings (SSSR count). The first-order valence-electron chi connectivity index (χ1n) is 7.26. The molecule has 0 radical (unpaired) electrons. The van der Waals surface area contributed by atoms with E-state index in [9.17, 15) is 0 Å². The zero-order valence-corrected chi connectivity index (χ0v) is 12.4. The highest BCUT2D eigenvalue weighted by atomic mass is 14.9. The summed E-state index contributed by atoms with van der Waals surface area (Å²) in [6.07, 6.45) is 5.39. The number of aromatic nitrogens is 1. The molecule has 0 bridgehead atoms. The van der Waals surface area contributed by atoms with Gasteiger partial charge in [-0.25, -0.2) is 0 Å². The lowest BCUT2D eigenvalue weighted by atomic mass is 10.0. The molecule has 0 saturated carbocycles. The van der Waals surface area contributed by atoms with Gasteiger partial charge in [-0.2, -0.15) is 0 Å². The van der Waals surface area contributed by atoms with Crippen LogP contribution >= 0.6 is 0 Å². The van der Waals surface area contributed by atoms with Crippen molar-refractivity contribution in [1.82, 2.24) is 10.3 Å². The third kappa shape index (κ3) is 6.15. The Hall–Kier alpha value is -0.890. The number of hydrogen-bond acceptors (Lipinski definition) is 2. The lowest BCUT2D eigenvalue weighted by Crippen LogP contribution is -2.25. The van der Waals surface area contributed by atoms with Crippen LogP contribution in [0.4, 0.5) is 0 Å². The Balaban J connectivity index is 2.22. The molecule has 0 spiro atoms. The Morgan fingerprint density at radius 1 is 1.17 bits per heavy atom. The number of rotatable bonds is 8. The average Bonchev–Trinajstić information content (AvgIpc) is 2.36. The molecule has 0 aromatic carbocycles. The van der Waals surface area contributed by atoms with Crippen molar-refractivity contribution in [3.05, 3.63) is 29.6 Å². The maximum atomic E-state index is 4.51. The van der Waals surface area contributed by atoms with Gasteiger partial charge in [0.1, 0.15) is 0 Å². The zero-order valence-electron chi connectivity index (χ0n) is 12.4. The zero-order chi connectivity index (χ0) is 13.4. The SMILES string of the molecule is CCc1ccc(CCC(C)CNCC(C)C)nc1. The van der Waals surface area contributed by atoms with Crippen molar-refractivity contribution in [3.8, 4) is 0 Å². The average molecular weight is 248 g/mol. The molecule has 1 heterocycles. The summed E-state index contributed by atoms with van der Waals surface area (Å²) in [5.41, 5.74) is 2.55. The number of nitrogens with zero attached hydrogens (tertiary/aromatic N) is 1. The molecule has 1 atom stereocenters. The molecule has 2 nitrogen and oxygen atoms in total. The van der Waals surface area contributed by atoms with Gasteiger partial charge in [0.25, 0.3) is 0 Å². The standard InChI is InChI=1S/C16H28N2/c1-5-15-7-9-16(18-12-15)8-6-14(4)11-17-10-13(2)3/h7,9,12-14,17H,5-6,8,10-11H2,1-4H3. The molecule has 0 saturated heterocycles. The van der Waals surface area contributed by atoms with E-state index in [-0.39, 0.29) is 0 Å². The van der Waals surface area contributed by atoms with E-state index in [1.807, 2.05) is 6.20 Å². The second-order valence-corrected chi connectivity index (χ2v) is 5.71. The Bertz CT molecular complexity index is 316. The van der Waals surface area contributed by atoms with E-state index in [4.69, 9.17) is 0 Å². The van der Waals surface area contributed by atoms with Gasteiger partial charge in [0.05, 0.1) is 0 Å². The molecule has 0 aliphatic carbocycles.